The molecule has 0 N–H and O–H groups in total. The quantitative estimate of drug-likeness (QED) is 0.150. The minimum Gasteiger partial charge on any atom is -0.321 e. The fourth-order valence-electron chi connectivity index (χ4n) is 11.3. The second-order valence-electron chi connectivity index (χ2n) is 19.2. The molecule has 67 heavy (non-hydrogen) atoms. The maximum atomic E-state index is 5.34. The highest BCUT2D eigenvalue weighted by Crippen LogP contribution is 2.51. The maximum Gasteiger partial charge on any atom is 0.164 e. The van der Waals surface area contributed by atoms with Crippen molar-refractivity contribution in [2.24, 2.45) is 0 Å². The molecule has 0 spiro atoms. The Morgan fingerprint density at radius 1 is 0.507 bits per heavy atom. The summed E-state index contributed by atoms with van der Waals surface area (Å²) >= 11 is 0. The molecule has 2 aliphatic rings. The molecule has 0 saturated heterocycles. The second kappa shape index (κ2) is 14.4. The van der Waals surface area contributed by atoms with Crippen LogP contribution in [0.25, 0.3) is 101 Å². The van der Waals surface area contributed by atoms with Gasteiger partial charge in [-0.05, 0) is 54.5 Å². The van der Waals surface area contributed by atoms with Gasteiger partial charge in [-0.1, -0.05) is 168 Å². The van der Waals surface area contributed by atoms with Gasteiger partial charge in [-0.15, -0.1) is 0 Å². The van der Waals surface area contributed by atoms with Gasteiger partial charge in [-0.3, -0.25) is 0 Å². The molecule has 0 aliphatic carbocycles. The molecule has 0 atom stereocenters. The Bertz CT molecular complexity index is 3850. The number of fused-ring (bicyclic) bond motifs is 12. The van der Waals surface area contributed by atoms with Crippen LogP contribution >= 0.6 is 0 Å². The number of hydrogen-bond acceptors (Lipinski definition) is 3. The van der Waals surface area contributed by atoms with E-state index in [1.807, 2.05) is 48.6 Å². The highest BCUT2D eigenvalue weighted by Gasteiger charge is 2.41. The molecular weight excluding hydrogens is 819 g/mol. The van der Waals surface area contributed by atoms with Gasteiger partial charge in [0.2, 0.25) is 0 Å². The van der Waals surface area contributed by atoms with Crippen LogP contribution in [0.5, 0.6) is 0 Å². The van der Waals surface area contributed by atoms with Gasteiger partial charge in [0.15, 0.2) is 17.5 Å². The summed E-state index contributed by atoms with van der Waals surface area (Å²) in [4.78, 5) is 15.8. The van der Waals surface area contributed by atoms with Crippen molar-refractivity contribution in [1.29, 1.82) is 0 Å². The number of allylic oxidation sites excluding steroid dienone is 5. The summed E-state index contributed by atoms with van der Waals surface area (Å²) in [7, 11) is 0. The summed E-state index contributed by atoms with van der Waals surface area (Å²) in [5.74, 6) is 1.86. The Labute approximate surface area is 388 Å². The Balaban J connectivity index is 1.16. The lowest BCUT2D eigenvalue weighted by molar-refractivity contribution is 0.561. The molecule has 5 aromatic heterocycles. The van der Waals surface area contributed by atoms with Gasteiger partial charge in [-0.2, -0.15) is 0 Å². The highest BCUT2D eigenvalue weighted by atomic mass is 15.1. The van der Waals surface area contributed by atoms with Crippen LogP contribution in [0.3, 0.4) is 0 Å². The number of benzene rings is 6. The number of rotatable bonds is 7. The van der Waals surface area contributed by atoms with E-state index >= 15 is 0 Å². The van der Waals surface area contributed by atoms with Gasteiger partial charge in [0.05, 0.1) is 33.5 Å². The summed E-state index contributed by atoms with van der Waals surface area (Å²) in [6, 6.07) is 54.0. The molecule has 0 unspecified atom stereocenters. The summed E-state index contributed by atoms with van der Waals surface area (Å²) in [6.07, 6.45) is 13.8. The van der Waals surface area contributed by atoms with Gasteiger partial charge in [0.1, 0.15) is 0 Å². The molecule has 2 aliphatic heterocycles. The van der Waals surface area contributed by atoms with Crippen LogP contribution in [-0.2, 0) is 10.8 Å². The van der Waals surface area contributed by atoms with E-state index in [0.29, 0.717) is 17.5 Å². The molecule has 11 aromatic rings. The predicted octanol–water partition coefficient (Wildman–Crippen LogP) is 14.6. The van der Waals surface area contributed by atoms with E-state index in [0.717, 1.165) is 45.5 Å². The van der Waals surface area contributed by atoms with Gasteiger partial charge in [0.25, 0.3) is 0 Å². The molecule has 7 nitrogen and oxygen atoms in total. The Hall–Kier alpha value is -8.29. The van der Waals surface area contributed by atoms with Gasteiger partial charge in [-0.25, -0.2) is 15.0 Å². The molecule has 13 rings (SSSR count). The van der Waals surface area contributed by atoms with Gasteiger partial charge >= 0.3 is 0 Å². The Morgan fingerprint density at radius 3 is 1.61 bits per heavy atom. The number of nitrogens with zero attached hydrogens (tertiary/aromatic N) is 7. The lowest BCUT2D eigenvalue weighted by Gasteiger charge is -2.22. The fraction of sp³-hybridized carbons (Fsp3) is 0.117. The predicted molar refractivity (Wildman–Crippen MR) is 276 cm³/mol. The van der Waals surface area contributed by atoms with Gasteiger partial charge in [0, 0.05) is 84.2 Å². The zero-order chi connectivity index (χ0) is 45.2. The Kier molecular flexibility index (Phi) is 8.38. The van der Waals surface area contributed by atoms with Crippen LogP contribution in [0.1, 0.15) is 51.1 Å². The molecule has 0 fully saturated rings. The number of para-hydroxylation sites is 3. The third-order valence-electron chi connectivity index (χ3n) is 14.2. The van der Waals surface area contributed by atoms with Crippen molar-refractivity contribution in [2.75, 3.05) is 0 Å². The zero-order valence-corrected chi connectivity index (χ0v) is 37.9. The van der Waals surface area contributed by atoms with E-state index < -0.39 is 0 Å². The first-order valence-corrected chi connectivity index (χ1v) is 23.1. The minimum absolute atomic E-state index is 0.151. The van der Waals surface area contributed by atoms with E-state index in [4.69, 9.17) is 15.0 Å². The molecule has 6 aromatic carbocycles. The van der Waals surface area contributed by atoms with Crippen molar-refractivity contribution in [3.63, 3.8) is 0 Å². The third kappa shape index (κ3) is 5.74. The summed E-state index contributed by atoms with van der Waals surface area (Å²) in [5.41, 5.74) is 15.5. The topological polar surface area (TPSA) is 58.4 Å². The molecule has 322 valence electrons. The minimum atomic E-state index is -0.262. The number of aromatic nitrogens is 7. The smallest absolute Gasteiger partial charge is 0.164 e. The highest BCUT2D eigenvalue weighted by molar-refractivity contribution is 6.13. The number of hydrogen-bond donors (Lipinski definition) is 0. The van der Waals surface area contributed by atoms with Crippen molar-refractivity contribution >= 4 is 49.3 Å². The average molecular weight is 866 g/mol. The van der Waals surface area contributed by atoms with Crippen LogP contribution < -0.4 is 0 Å². The Morgan fingerprint density at radius 2 is 1.01 bits per heavy atom. The first kappa shape index (κ1) is 39.1. The molecule has 0 radical (unpaired) electrons. The van der Waals surface area contributed by atoms with E-state index in [1.54, 1.807) is 0 Å². The third-order valence-corrected chi connectivity index (χ3v) is 14.2. The van der Waals surface area contributed by atoms with Crippen LogP contribution in [0, 0.1) is 0 Å². The lowest BCUT2D eigenvalue weighted by Crippen LogP contribution is -2.16. The van der Waals surface area contributed by atoms with E-state index in [2.05, 4.69) is 192 Å². The normalized spacial score (nSPS) is 15.4. The monoisotopic (exact) mass is 865 g/mol. The van der Waals surface area contributed by atoms with Crippen molar-refractivity contribution in [3.8, 4) is 51.2 Å². The van der Waals surface area contributed by atoms with Crippen LogP contribution in [0.15, 0.2) is 195 Å². The van der Waals surface area contributed by atoms with E-state index in [9.17, 15) is 0 Å². The largest absolute Gasteiger partial charge is 0.321 e. The van der Waals surface area contributed by atoms with Crippen molar-refractivity contribution in [1.82, 2.24) is 33.2 Å². The van der Waals surface area contributed by atoms with Crippen LogP contribution in [-0.4, -0.2) is 33.2 Å². The van der Waals surface area contributed by atoms with E-state index in [1.165, 1.54) is 60.9 Å². The average Bonchev–Trinajstić information content (AvgIpc) is 4.18. The van der Waals surface area contributed by atoms with Crippen LogP contribution in [0.4, 0.5) is 0 Å². The summed E-state index contributed by atoms with van der Waals surface area (Å²) in [5, 5.41) is 4.87. The second-order valence-corrected chi connectivity index (χ2v) is 19.2. The molecular formula is C60H47N7. The molecule has 0 amide bonds. The van der Waals surface area contributed by atoms with Crippen molar-refractivity contribution < 1.29 is 0 Å². The standard InChI is InChI=1S/C60H47N7/c1-6-7-10-25-41-35-59(2,3)54-52-46(36-64(41)54)44-26-15-18-29-49(44)66(52)42-32-40(58-62-56(38-21-11-8-12-22-38)61-57(63-58)39-23-13-9-14-24-39)33-43(34-42)67-50-30-19-16-27-45(50)47-37-65-51-31-20-17-28-48(51)60(4,5)55(65)53(47)67/h6-34,36-37H,1,35H2,2-5H3/b10-7-,41-25+. The zero-order valence-electron chi connectivity index (χ0n) is 37.9. The molecule has 7 heteroatoms. The van der Waals surface area contributed by atoms with Crippen LogP contribution in [0.2, 0.25) is 0 Å². The lowest BCUT2D eigenvalue weighted by atomic mass is 9.83. The first-order chi connectivity index (χ1) is 32.7. The fourth-order valence-corrected chi connectivity index (χ4v) is 11.3. The SMILES string of the molecule is C=C/C=C\C=C1/CC(C)(C)c2c3c(cn21)c1ccccc1n3-c1cc(-c2nc(-c3ccccc3)nc(-c3ccccc3)n2)cc(-n2c3ccccc3c3cn4c(c32)C(C)(C)c2ccccc2-4)c1. The van der Waals surface area contributed by atoms with Crippen molar-refractivity contribution in [2.45, 2.75) is 44.9 Å². The van der Waals surface area contributed by atoms with Gasteiger partial charge < -0.3 is 18.3 Å². The summed E-state index contributed by atoms with van der Waals surface area (Å²) in [6.45, 7) is 13.4. The molecule has 0 saturated carbocycles. The van der Waals surface area contributed by atoms with Crippen molar-refractivity contribution in [3.05, 3.63) is 212 Å². The molecule has 0 bridgehead atoms. The maximum absolute atomic E-state index is 5.34. The molecule has 7 heterocycles. The first-order valence-electron chi connectivity index (χ1n) is 23.1. The summed E-state index contributed by atoms with van der Waals surface area (Å²) < 4.78 is 9.86. The van der Waals surface area contributed by atoms with E-state index in [-0.39, 0.29) is 10.8 Å².